The van der Waals surface area contributed by atoms with Crippen LogP contribution in [-0.2, 0) is 0 Å². The molecule has 1 amide bonds. The van der Waals surface area contributed by atoms with E-state index in [4.69, 9.17) is 4.42 Å². The molecule has 0 radical (unpaired) electrons. The number of amides is 1. The molecule has 2 aromatic heterocycles. The topological polar surface area (TPSA) is 73.0 Å². The van der Waals surface area contributed by atoms with Crippen LogP contribution in [0.2, 0.25) is 0 Å². The summed E-state index contributed by atoms with van der Waals surface area (Å²) in [6, 6.07) is 17.3. The Balaban J connectivity index is 1.48. The lowest BCUT2D eigenvalue weighted by atomic mass is 10.1. The normalized spacial score (nSPS) is 11.9. The highest BCUT2D eigenvalue weighted by molar-refractivity contribution is 5.94. The largest absolute Gasteiger partial charge is 0.441 e. The fourth-order valence-electron chi connectivity index (χ4n) is 3.01. The molecule has 4 aromatic rings. The van der Waals surface area contributed by atoms with Gasteiger partial charge in [0.15, 0.2) is 5.69 Å². The predicted molar refractivity (Wildman–Crippen MR) is 106 cm³/mol. The van der Waals surface area contributed by atoms with E-state index in [1.165, 1.54) is 0 Å². The lowest BCUT2D eigenvalue weighted by Gasteiger charge is -2.14. The van der Waals surface area contributed by atoms with E-state index in [1.807, 2.05) is 72.3 Å². The Kier molecular flexibility index (Phi) is 4.76. The van der Waals surface area contributed by atoms with Crippen LogP contribution < -0.4 is 5.32 Å². The first-order valence-corrected chi connectivity index (χ1v) is 9.04. The van der Waals surface area contributed by atoms with Gasteiger partial charge in [0.1, 0.15) is 5.76 Å². The van der Waals surface area contributed by atoms with Crippen LogP contribution in [0.5, 0.6) is 0 Å². The van der Waals surface area contributed by atoms with Crippen molar-refractivity contribution >= 4 is 5.91 Å². The van der Waals surface area contributed by atoms with Crippen molar-refractivity contribution in [1.29, 1.82) is 0 Å². The van der Waals surface area contributed by atoms with Crippen molar-refractivity contribution in [3.8, 4) is 17.1 Å². The minimum atomic E-state index is -0.255. The van der Waals surface area contributed by atoms with Crippen molar-refractivity contribution < 1.29 is 9.21 Å². The van der Waals surface area contributed by atoms with Gasteiger partial charge in [-0.2, -0.15) is 0 Å². The number of aryl methyl sites for hydroxylation is 1. The van der Waals surface area contributed by atoms with Crippen molar-refractivity contribution in [1.82, 2.24) is 19.9 Å². The summed E-state index contributed by atoms with van der Waals surface area (Å²) in [5.74, 6) is 0.689. The second kappa shape index (κ2) is 7.52. The molecule has 2 heterocycles. The minimum Gasteiger partial charge on any atom is -0.441 e. The van der Waals surface area contributed by atoms with E-state index >= 15 is 0 Å². The summed E-state index contributed by atoms with van der Waals surface area (Å²) >= 11 is 0. The van der Waals surface area contributed by atoms with Gasteiger partial charge in [-0.25, -0.2) is 9.97 Å². The minimum absolute atomic E-state index is 0.166. The summed E-state index contributed by atoms with van der Waals surface area (Å²) in [6.07, 6.45) is 5.37. The number of carbonyl (C=O) groups excluding carboxylic acids is 1. The molecule has 140 valence electrons. The monoisotopic (exact) mass is 372 g/mol. The molecular weight excluding hydrogens is 352 g/mol. The number of rotatable bonds is 5. The van der Waals surface area contributed by atoms with Gasteiger partial charge in [-0.15, -0.1) is 0 Å². The quantitative estimate of drug-likeness (QED) is 0.566. The fraction of sp³-hybridized carbons (Fsp3) is 0.136. The standard InChI is InChI=1S/C22H20N4O2/c1-15(17-8-10-19(11-9-17)26-13-12-23-14-26)24-21(27)20-16(2)28-22(25-20)18-6-4-3-5-7-18/h3-15H,1-2H3,(H,24,27). The number of benzene rings is 2. The number of oxazole rings is 1. The van der Waals surface area contributed by atoms with Crippen LogP contribution in [0.4, 0.5) is 0 Å². The van der Waals surface area contributed by atoms with Gasteiger partial charge >= 0.3 is 0 Å². The van der Waals surface area contributed by atoms with Gasteiger partial charge in [0, 0.05) is 23.6 Å². The maximum Gasteiger partial charge on any atom is 0.274 e. The fourth-order valence-corrected chi connectivity index (χ4v) is 3.01. The SMILES string of the molecule is Cc1oc(-c2ccccc2)nc1C(=O)NC(C)c1ccc(-n2ccnc2)cc1. The summed E-state index contributed by atoms with van der Waals surface area (Å²) in [4.78, 5) is 21.1. The maximum absolute atomic E-state index is 12.7. The van der Waals surface area contributed by atoms with Crippen LogP contribution in [-0.4, -0.2) is 20.4 Å². The van der Waals surface area contributed by atoms with Crippen molar-refractivity contribution in [2.75, 3.05) is 0 Å². The molecule has 1 N–H and O–H groups in total. The molecule has 1 atom stereocenters. The predicted octanol–water partition coefficient (Wildman–Crippen LogP) is 4.33. The lowest BCUT2D eigenvalue weighted by molar-refractivity contribution is 0.0934. The number of hydrogen-bond acceptors (Lipinski definition) is 4. The van der Waals surface area contributed by atoms with Crippen LogP contribution in [0.15, 0.2) is 77.7 Å². The van der Waals surface area contributed by atoms with E-state index in [9.17, 15) is 4.79 Å². The Labute approximate surface area is 162 Å². The molecule has 0 spiro atoms. The van der Waals surface area contributed by atoms with E-state index < -0.39 is 0 Å². The zero-order valence-corrected chi connectivity index (χ0v) is 15.7. The van der Waals surface area contributed by atoms with E-state index in [0.717, 1.165) is 16.8 Å². The highest BCUT2D eigenvalue weighted by Crippen LogP contribution is 2.22. The Morgan fingerprint density at radius 3 is 2.54 bits per heavy atom. The maximum atomic E-state index is 12.7. The first-order valence-electron chi connectivity index (χ1n) is 9.04. The molecule has 6 heteroatoms. The summed E-state index contributed by atoms with van der Waals surface area (Å²) in [5.41, 5.74) is 3.16. The smallest absolute Gasteiger partial charge is 0.274 e. The molecule has 0 aliphatic heterocycles. The van der Waals surface area contributed by atoms with Gasteiger partial charge in [-0.3, -0.25) is 4.79 Å². The Morgan fingerprint density at radius 1 is 1.11 bits per heavy atom. The van der Waals surface area contributed by atoms with Gasteiger partial charge in [0.2, 0.25) is 5.89 Å². The lowest BCUT2D eigenvalue weighted by Crippen LogP contribution is -2.27. The molecule has 28 heavy (non-hydrogen) atoms. The van der Waals surface area contributed by atoms with Crippen LogP contribution in [0.3, 0.4) is 0 Å². The zero-order valence-electron chi connectivity index (χ0n) is 15.7. The third kappa shape index (κ3) is 3.57. The van der Waals surface area contributed by atoms with E-state index in [2.05, 4.69) is 15.3 Å². The van der Waals surface area contributed by atoms with Crippen LogP contribution >= 0.6 is 0 Å². The average Bonchev–Trinajstić information content (AvgIpc) is 3.39. The van der Waals surface area contributed by atoms with E-state index in [-0.39, 0.29) is 11.9 Å². The van der Waals surface area contributed by atoms with E-state index in [0.29, 0.717) is 17.3 Å². The second-order valence-corrected chi connectivity index (χ2v) is 6.55. The second-order valence-electron chi connectivity index (χ2n) is 6.55. The first-order chi connectivity index (χ1) is 13.6. The highest BCUT2D eigenvalue weighted by Gasteiger charge is 2.20. The number of hydrogen-bond donors (Lipinski definition) is 1. The molecule has 2 aromatic carbocycles. The van der Waals surface area contributed by atoms with Crippen LogP contribution in [0, 0.1) is 6.92 Å². The van der Waals surface area contributed by atoms with Crippen LogP contribution in [0.25, 0.3) is 17.1 Å². The van der Waals surface area contributed by atoms with Crippen molar-refractivity contribution in [3.63, 3.8) is 0 Å². The van der Waals surface area contributed by atoms with Gasteiger partial charge in [-0.05, 0) is 43.7 Å². The van der Waals surface area contributed by atoms with E-state index in [1.54, 1.807) is 19.4 Å². The Hall–Kier alpha value is -3.67. The molecule has 0 saturated carbocycles. The van der Waals surface area contributed by atoms with Gasteiger partial charge < -0.3 is 14.3 Å². The van der Waals surface area contributed by atoms with Gasteiger partial charge in [-0.1, -0.05) is 30.3 Å². The molecule has 0 saturated heterocycles. The summed E-state index contributed by atoms with van der Waals surface area (Å²) in [5, 5.41) is 2.99. The van der Waals surface area contributed by atoms with Gasteiger partial charge in [0.25, 0.3) is 5.91 Å². The molecule has 0 aliphatic rings. The highest BCUT2D eigenvalue weighted by atomic mass is 16.4. The molecule has 6 nitrogen and oxygen atoms in total. The molecule has 4 rings (SSSR count). The number of nitrogens with one attached hydrogen (secondary N) is 1. The van der Waals surface area contributed by atoms with Crippen molar-refractivity contribution in [2.45, 2.75) is 19.9 Å². The Bertz CT molecular complexity index is 1070. The number of imidazole rings is 1. The molecule has 0 fully saturated rings. The molecule has 1 unspecified atom stereocenters. The third-order valence-corrected chi connectivity index (χ3v) is 4.58. The van der Waals surface area contributed by atoms with Gasteiger partial charge in [0.05, 0.1) is 12.4 Å². The molecular formula is C22H20N4O2. The average molecular weight is 372 g/mol. The summed E-state index contributed by atoms with van der Waals surface area (Å²) in [7, 11) is 0. The number of carbonyl (C=O) groups is 1. The number of nitrogens with zero attached hydrogens (tertiary/aromatic N) is 3. The summed E-state index contributed by atoms with van der Waals surface area (Å²) in [6.45, 7) is 3.69. The summed E-state index contributed by atoms with van der Waals surface area (Å²) < 4.78 is 7.61. The third-order valence-electron chi connectivity index (χ3n) is 4.58. The molecule has 0 aliphatic carbocycles. The molecule has 0 bridgehead atoms. The zero-order chi connectivity index (χ0) is 19.5. The number of aromatic nitrogens is 3. The first kappa shape index (κ1) is 17.7. The van der Waals surface area contributed by atoms with Crippen LogP contribution in [0.1, 0.15) is 34.8 Å². The Morgan fingerprint density at radius 2 is 1.86 bits per heavy atom. The van der Waals surface area contributed by atoms with Crippen molar-refractivity contribution in [2.24, 2.45) is 0 Å². The van der Waals surface area contributed by atoms with Crippen molar-refractivity contribution in [3.05, 3.63) is 90.3 Å².